The molecule has 0 spiro atoms. The summed E-state index contributed by atoms with van der Waals surface area (Å²) < 4.78 is 0. The van der Waals surface area contributed by atoms with E-state index in [1.54, 1.807) is 11.8 Å². The molecule has 0 saturated heterocycles. The highest BCUT2D eigenvalue weighted by atomic mass is 35.5. The molecule has 0 aliphatic carbocycles. The molecule has 0 bridgehead atoms. The highest BCUT2D eigenvalue weighted by molar-refractivity contribution is 7.98. The molecule has 0 aliphatic heterocycles. The van der Waals surface area contributed by atoms with E-state index in [9.17, 15) is 0 Å². The Labute approximate surface area is 76.3 Å². The van der Waals surface area contributed by atoms with Crippen molar-refractivity contribution >= 4 is 29.4 Å². The van der Waals surface area contributed by atoms with Crippen molar-refractivity contribution in [2.75, 3.05) is 6.26 Å². The van der Waals surface area contributed by atoms with Crippen LogP contribution in [0.25, 0.3) is 6.08 Å². The number of hydrogen-bond acceptors (Lipinski definition) is 1. The molecule has 0 atom stereocenters. The van der Waals surface area contributed by atoms with Crippen molar-refractivity contribution in [1.82, 2.24) is 0 Å². The predicted octanol–water partition coefficient (Wildman–Crippen LogP) is 3.62. The van der Waals surface area contributed by atoms with Gasteiger partial charge in [0.05, 0.1) is 0 Å². The average Bonchev–Trinajstić information content (AvgIpc) is 2.06. The van der Waals surface area contributed by atoms with Gasteiger partial charge in [0.15, 0.2) is 0 Å². The highest BCUT2D eigenvalue weighted by Crippen LogP contribution is 2.20. The molecule has 0 aliphatic rings. The van der Waals surface area contributed by atoms with Crippen molar-refractivity contribution in [1.29, 1.82) is 0 Å². The summed E-state index contributed by atoms with van der Waals surface area (Å²) in [5.74, 6) is 0. The Morgan fingerprint density at radius 2 is 2.09 bits per heavy atom. The maximum atomic E-state index is 5.48. The van der Waals surface area contributed by atoms with Gasteiger partial charge in [-0.2, -0.15) is 0 Å². The second-order valence-corrected chi connectivity index (χ2v) is 3.13. The van der Waals surface area contributed by atoms with Gasteiger partial charge in [0.25, 0.3) is 0 Å². The quantitative estimate of drug-likeness (QED) is 0.633. The molecular weight excluding hydrogens is 176 g/mol. The Morgan fingerprint density at radius 1 is 1.36 bits per heavy atom. The molecule has 0 saturated carbocycles. The Balaban J connectivity index is 3.02. The molecule has 2 heteroatoms. The third kappa shape index (κ3) is 2.28. The minimum atomic E-state index is 1.18. The minimum Gasteiger partial charge on any atom is -0.129 e. The molecule has 0 N–H and O–H groups in total. The van der Waals surface area contributed by atoms with Crippen LogP contribution < -0.4 is 0 Å². The third-order valence-electron chi connectivity index (χ3n) is 1.38. The van der Waals surface area contributed by atoms with Crippen LogP contribution in [0, 0.1) is 0 Å². The SMILES string of the molecule is CSc1ccccc1/C=C/Cl. The van der Waals surface area contributed by atoms with Crippen molar-refractivity contribution in [3.63, 3.8) is 0 Å². The zero-order valence-corrected chi connectivity index (χ0v) is 7.82. The van der Waals surface area contributed by atoms with E-state index in [-0.39, 0.29) is 0 Å². The van der Waals surface area contributed by atoms with Gasteiger partial charge in [-0.3, -0.25) is 0 Å². The van der Waals surface area contributed by atoms with E-state index in [2.05, 4.69) is 12.3 Å². The largest absolute Gasteiger partial charge is 0.129 e. The van der Waals surface area contributed by atoms with Crippen LogP contribution in [-0.2, 0) is 0 Å². The lowest BCUT2D eigenvalue weighted by atomic mass is 10.2. The van der Waals surface area contributed by atoms with Gasteiger partial charge in [-0.1, -0.05) is 29.8 Å². The van der Waals surface area contributed by atoms with Gasteiger partial charge < -0.3 is 0 Å². The van der Waals surface area contributed by atoms with E-state index in [4.69, 9.17) is 11.6 Å². The van der Waals surface area contributed by atoms with Gasteiger partial charge in [0, 0.05) is 10.4 Å². The van der Waals surface area contributed by atoms with Gasteiger partial charge in [-0.25, -0.2) is 0 Å². The number of benzene rings is 1. The highest BCUT2D eigenvalue weighted by Gasteiger charge is 1.93. The van der Waals surface area contributed by atoms with Gasteiger partial charge >= 0.3 is 0 Å². The van der Waals surface area contributed by atoms with Crippen LogP contribution in [0.1, 0.15) is 5.56 Å². The van der Waals surface area contributed by atoms with Crippen molar-refractivity contribution in [2.24, 2.45) is 0 Å². The van der Waals surface area contributed by atoms with Crippen LogP contribution in [-0.4, -0.2) is 6.26 Å². The predicted molar refractivity (Wildman–Crippen MR) is 53.1 cm³/mol. The van der Waals surface area contributed by atoms with Gasteiger partial charge in [-0.15, -0.1) is 11.8 Å². The van der Waals surface area contributed by atoms with E-state index < -0.39 is 0 Å². The van der Waals surface area contributed by atoms with Crippen LogP contribution in [0.3, 0.4) is 0 Å². The molecular formula is C9H9ClS. The van der Waals surface area contributed by atoms with E-state index in [0.717, 1.165) is 0 Å². The molecule has 58 valence electrons. The molecule has 0 radical (unpaired) electrons. The lowest BCUT2D eigenvalue weighted by Crippen LogP contribution is -1.75. The molecule has 0 fully saturated rings. The fraction of sp³-hybridized carbons (Fsp3) is 0.111. The van der Waals surface area contributed by atoms with Crippen LogP contribution in [0.15, 0.2) is 34.7 Å². The number of rotatable bonds is 2. The zero-order valence-electron chi connectivity index (χ0n) is 6.25. The van der Waals surface area contributed by atoms with E-state index in [0.29, 0.717) is 0 Å². The first-order valence-corrected chi connectivity index (χ1v) is 4.94. The second-order valence-electron chi connectivity index (χ2n) is 2.03. The summed E-state index contributed by atoms with van der Waals surface area (Å²) in [4.78, 5) is 1.25. The average molecular weight is 185 g/mol. The monoisotopic (exact) mass is 184 g/mol. The van der Waals surface area contributed by atoms with Crippen LogP contribution >= 0.6 is 23.4 Å². The van der Waals surface area contributed by atoms with E-state index in [1.807, 2.05) is 24.3 Å². The van der Waals surface area contributed by atoms with Crippen LogP contribution in [0.5, 0.6) is 0 Å². The number of halogens is 1. The van der Waals surface area contributed by atoms with Crippen molar-refractivity contribution in [2.45, 2.75) is 4.90 Å². The first-order valence-electron chi connectivity index (χ1n) is 3.28. The fourth-order valence-electron chi connectivity index (χ4n) is 0.872. The summed E-state index contributed by atoms with van der Waals surface area (Å²) in [6, 6.07) is 8.16. The fourth-order valence-corrected chi connectivity index (χ4v) is 1.59. The first kappa shape index (κ1) is 8.69. The smallest absolute Gasteiger partial charge is 0.0142 e. The second kappa shape index (κ2) is 4.47. The molecule has 1 rings (SSSR count). The minimum absolute atomic E-state index is 1.18. The molecule has 0 nitrogen and oxygen atoms in total. The lowest BCUT2D eigenvalue weighted by molar-refractivity contribution is 1.43. The first-order chi connectivity index (χ1) is 5.38. The summed E-state index contributed by atoms with van der Waals surface area (Å²) >= 11 is 7.20. The Morgan fingerprint density at radius 3 is 2.73 bits per heavy atom. The Kier molecular flexibility index (Phi) is 3.53. The molecule has 1 aromatic rings. The molecule has 0 heterocycles. The molecule has 11 heavy (non-hydrogen) atoms. The van der Waals surface area contributed by atoms with Gasteiger partial charge in [0.2, 0.25) is 0 Å². The summed E-state index contributed by atoms with van der Waals surface area (Å²) in [6.45, 7) is 0. The van der Waals surface area contributed by atoms with Gasteiger partial charge in [-0.05, 0) is 24.0 Å². The van der Waals surface area contributed by atoms with Crippen molar-refractivity contribution in [3.05, 3.63) is 35.4 Å². The molecule has 0 aromatic heterocycles. The lowest BCUT2D eigenvalue weighted by Gasteiger charge is -1.99. The van der Waals surface area contributed by atoms with Gasteiger partial charge in [0.1, 0.15) is 0 Å². The molecule has 1 aromatic carbocycles. The zero-order chi connectivity index (χ0) is 8.10. The number of hydrogen-bond donors (Lipinski definition) is 0. The van der Waals surface area contributed by atoms with Crippen molar-refractivity contribution in [3.8, 4) is 0 Å². The Bertz CT molecular complexity index is 255. The van der Waals surface area contributed by atoms with Crippen LogP contribution in [0.2, 0.25) is 0 Å². The maximum absolute atomic E-state index is 5.48. The molecule has 0 amide bonds. The van der Waals surface area contributed by atoms with E-state index in [1.165, 1.54) is 16.0 Å². The summed E-state index contributed by atoms with van der Waals surface area (Å²) in [7, 11) is 0. The maximum Gasteiger partial charge on any atom is 0.0142 e. The number of thioether (sulfide) groups is 1. The normalized spacial score (nSPS) is 10.7. The summed E-state index contributed by atoms with van der Waals surface area (Å²) in [6.07, 6.45) is 3.95. The van der Waals surface area contributed by atoms with Crippen molar-refractivity contribution < 1.29 is 0 Å². The third-order valence-corrected chi connectivity index (χ3v) is 2.32. The summed E-state index contributed by atoms with van der Waals surface area (Å²) in [5, 5.41) is 0. The topological polar surface area (TPSA) is 0 Å². The van der Waals surface area contributed by atoms with E-state index >= 15 is 0 Å². The summed E-state index contributed by atoms with van der Waals surface area (Å²) in [5.41, 5.74) is 2.71. The standard InChI is InChI=1S/C9H9ClS/c1-11-9-5-3-2-4-8(9)6-7-10/h2-7H,1H3/b7-6+. The molecule has 0 unspecified atom stereocenters. The van der Waals surface area contributed by atoms with Crippen LogP contribution in [0.4, 0.5) is 0 Å². The Hall–Kier alpha value is -0.400.